The number of methoxy groups -OCH3 is 1. The number of aliphatic hydroxyl groups is 1. The Hall–Kier alpha value is -0.0800. The summed E-state index contributed by atoms with van der Waals surface area (Å²) in [6.45, 7) is 2.53. The number of rotatable bonds is 2. The summed E-state index contributed by atoms with van der Waals surface area (Å²) in [6.07, 6.45) is 3.77. The molecule has 0 bridgehead atoms. The standard InChI is InChI=1S/C9H18O2/c1-7-3-4-8(6-10)9(5-7)11-2/h7-10H,3-6H2,1-2H3/t7-,8?,9-/m1/s1. The van der Waals surface area contributed by atoms with Gasteiger partial charge in [-0.05, 0) is 18.8 Å². The van der Waals surface area contributed by atoms with Gasteiger partial charge in [-0.1, -0.05) is 13.3 Å². The summed E-state index contributed by atoms with van der Waals surface area (Å²) in [4.78, 5) is 0. The minimum absolute atomic E-state index is 0.283. The molecule has 1 fully saturated rings. The highest BCUT2D eigenvalue weighted by Crippen LogP contribution is 2.29. The maximum atomic E-state index is 9.00. The average molecular weight is 158 g/mol. The third-order valence-corrected chi connectivity index (χ3v) is 2.73. The van der Waals surface area contributed by atoms with Gasteiger partial charge in [-0.3, -0.25) is 0 Å². The zero-order valence-electron chi connectivity index (χ0n) is 7.42. The summed E-state index contributed by atoms with van der Waals surface area (Å²) < 4.78 is 5.31. The van der Waals surface area contributed by atoms with Gasteiger partial charge in [0.2, 0.25) is 0 Å². The topological polar surface area (TPSA) is 29.5 Å². The zero-order chi connectivity index (χ0) is 8.27. The molecule has 0 radical (unpaired) electrons. The molecule has 0 saturated heterocycles. The second-order valence-electron chi connectivity index (χ2n) is 3.64. The minimum atomic E-state index is 0.283. The maximum Gasteiger partial charge on any atom is 0.0623 e. The van der Waals surface area contributed by atoms with Crippen LogP contribution in [0.5, 0.6) is 0 Å². The Balaban J connectivity index is 2.41. The van der Waals surface area contributed by atoms with E-state index in [1.54, 1.807) is 7.11 Å². The molecular formula is C9H18O2. The fraction of sp³-hybridized carbons (Fsp3) is 1.00. The molecule has 2 heteroatoms. The predicted molar refractivity (Wildman–Crippen MR) is 44.4 cm³/mol. The fourth-order valence-corrected chi connectivity index (χ4v) is 1.89. The second-order valence-corrected chi connectivity index (χ2v) is 3.64. The van der Waals surface area contributed by atoms with Crippen LogP contribution in [0.15, 0.2) is 0 Å². The summed E-state index contributed by atoms with van der Waals surface area (Å²) in [7, 11) is 1.74. The van der Waals surface area contributed by atoms with Crippen molar-refractivity contribution in [2.24, 2.45) is 11.8 Å². The van der Waals surface area contributed by atoms with Crippen molar-refractivity contribution in [1.29, 1.82) is 0 Å². The van der Waals surface area contributed by atoms with Gasteiger partial charge in [-0.2, -0.15) is 0 Å². The van der Waals surface area contributed by atoms with Gasteiger partial charge in [0.1, 0.15) is 0 Å². The number of hydrogen-bond donors (Lipinski definition) is 1. The van der Waals surface area contributed by atoms with Gasteiger partial charge in [0.25, 0.3) is 0 Å². The van der Waals surface area contributed by atoms with Gasteiger partial charge < -0.3 is 9.84 Å². The first-order valence-electron chi connectivity index (χ1n) is 4.41. The highest BCUT2D eigenvalue weighted by Gasteiger charge is 2.27. The van der Waals surface area contributed by atoms with Crippen LogP contribution in [-0.4, -0.2) is 24.9 Å². The van der Waals surface area contributed by atoms with Crippen molar-refractivity contribution in [2.45, 2.75) is 32.3 Å². The van der Waals surface area contributed by atoms with Crippen LogP contribution in [0.3, 0.4) is 0 Å². The molecule has 0 aliphatic heterocycles. The Morgan fingerprint density at radius 1 is 1.45 bits per heavy atom. The van der Waals surface area contributed by atoms with E-state index in [9.17, 15) is 0 Å². The Bertz CT molecular complexity index is 114. The number of hydrogen-bond acceptors (Lipinski definition) is 2. The molecule has 2 nitrogen and oxygen atoms in total. The van der Waals surface area contributed by atoms with Gasteiger partial charge in [0, 0.05) is 19.6 Å². The van der Waals surface area contributed by atoms with E-state index < -0.39 is 0 Å². The first kappa shape index (κ1) is 9.01. The molecule has 1 aliphatic rings. The van der Waals surface area contributed by atoms with Crippen molar-refractivity contribution >= 4 is 0 Å². The molecule has 11 heavy (non-hydrogen) atoms. The third kappa shape index (κ3) is 2.17. The lowest BCUT2D eigenvalue weighted by molar-refractivity contribution is -0.0137. The van der Waals surface area contributed by atoms with Crippen molar-refractivity contribution in [1.82, 2.24) is 0 Å². The number of aliphatic hydroxyl groups excluding tert-OH is 1. The average Bonchev–Trinajstić information content (AvgIpc) is 2.04. The van der Waals surface area contributed by atoms with Crippen LogP contribution in [-0.2, 0) is 4.74 Å². The summed E-state index contributed by atoms with van der Waals surface area (Å²) >= 11 is 0. The van der Waals surface area contributed by atoms with Crippen LogP contribution in [0, 0.1) is 11.8 Å². The quantitative estimate of drug-likeness (QED) is 0.658. The molecule has 0 heterocycles. The van der Waals surface area contributed by atoms with Crippen LogP contribution in [0.25, 0.3) is 0 Å². The Morgan fingerprint density at radius 3 is 2.73 bits per heavy atom. The highest BCUT2D eigenvalue weighted by molar-refractivity contribution is 4.78. The molecule has 0 spiro atoms. The van der Waals surface area contributed by atoms with E-state index >= 15 is 0 Å². The highest BCUT2D eigenvalue weighted by atomic mass is 16.5. The smallest absolute Gasteiger partial charge is 0.0623 e. The van der Waals surface area contributed by atoms with Gasteiger partial charge in [0.05, 0.1) is 6.10 Å². The Morgan fingerprint density at radius 2 is 2.18 bits per heavy atom. The van der Waals surface area contributed by atoms with E-state index in [0.717, 1.165) is 18.8 Å². The molecule has 0 amide bonds. The van der Waals surface area contributed by atoms with E-state index in [-0.39, 0.29) is 6.61 Å². The normalized spacial score (nSPS) is 39.0. The molecule has 0 aromatic heterocycles. The van der Waals surface area contributed by atoms with Crippen LogP contribution >= 0.6 is 0 Å². The van der Waals surface area contributed by atoms with E-state index in [1.165, 1.54) is 6.42 Å². The third-order valence-electron chi connectivity index (χ3n) is 2.73. The van der Waals surface area contributed by atoms with Crippen LogP contribution in [0.1, 0.15) is 26.2 Å². The van der Waals surface area contributed by atoms with Crippen LogP contribution in [0.4, 0.5) is 0 Å². The summed E-state index contributed by atoms with van der Waals surface area (Å²) in [5.41, 5.74) is 0. The SMILES string of the molecule is CO[C@@H]1C[C@H](C)CCC1CO. The van der Waals surface area contributed by atoms with Gasteiger partial charge in [0.15, 0.2) is 0 Å². The first-order chi connectivity index (χ1) is 5.27. The lowest BCUT2D eigenvalue weighted by Crippen LogP contribution is -2.32. The molecule has 1 rings (SSSR count). The van der Waals surface area contributed by atoms with Gasteiger partial charge in [-0.15, -0.1) is 0 Å². The van der Waals surface area contributed by atoms with E-state index in [0.29, 0.717) is 12.0 Å². The van der Waals surface area contributed by atoms with Gasteiger partial charge >= 0.3 is 0 Å². The summed E-state index contributed by atoms with van der Waals surface area (Å²) in [6, 6.07) is 0. The molecule has 1 unspecified atom stereocenters. The predicted octanol–water partition coefficient (Wildman–Crippen LogP) is 1.43. The maximum absolute atomic E-state index is 9.00. The second kappa shape index (κ2) is 4.07. The fourth-order valence-electron chi connectivity index (χ4n) is 1.89. The molecule has 0 aromatic rings. The zero-order valence-corrected chi connectivity index (χ0v) is 7.42. The molecule has 1 aliphatic carbocycles. The van der Waals surface area contributed by atoms with Crippen LogP contribution < -0.4 is 0 Å². The molecular weight excluding hydrogens is 140 g/mol. The monoisotopic (exact) mass is 158 g/mol. The van der Waals surface area contributed by atoms with Crippen molar-refractivity contribution in [3.63, 3.8) is 0 Å². The molecule has 3 atom stereocenters. The summed E-state index contributed by atoms with van der Waals surface area (Å²) in [5, 5.41) is 9.00. The largest absolute Gasteiger partial charge is 0.396 e. The molecule has 1 saturated carbocycles. The van der Waals surface area contributed by atoms with E-state index in [1.807, 2.05) is 0 Å². The van der Waals surface area contributed by atoms with Crippen molar-refractivity contribution in [2.75, 3.05) is 13.7 Å². The van der Waals surface area contributed by atoms with Crippen molar-refractivity contribution in [3.8, 4) is 0 Å². The number of ether oxygens (including phenoxy) is 1. The molecule has 66 valence electrons. The Labute approximate surface area is 68.6 Å². The molecule has 1 N–H and O–H groups in total. The van der Waals surface area contributed by atoms with Gasteiger partial charge in [-0.25, -0.2) is 0 Å². The van der Waals surface area contributed by atoms with E-state index in [2.05, 4.69) is 6.92 Å². The first-order valence-corrected chi connectivity index (χ1v) is 4.41. The van der Waals surface area contributed by atoms with Crippen LogP contribution in [0.2, 0.25) is 0 Å². The molecule has 0 aromatic carbocycles. The lowest BCUT2D eigenvalue weighted by atomic mass is 9.81. The van der Waals surface area contributed by atoms with Crippen molar-refractivity contribution in [3.05, 3.63) is 0 Å². The lowest BCUT2D eigenvalue weighted by Gasteiger charge is -2.32. The summed E-state index contributed by atoms with van der Waals surface area (Å²) in [5.74, 6) is 1.15. The Kier molecular flexibility index (Phi) is 3.34. The van der Waals surface area contributed by atoms with E-state index in [4.69, 9.17) is 9.84 Å². The minimum Gasteiger partial charge on any atom is -0.396 e. The van der Waals surface area contributed by atoms with Crippen molar-refractivity contribution < 1.29 is 9.84 Å².